The van der Waals surface area contributed by atoms with E-state index in [1.165, 1.54) is 18.2 Å². The molecular weight excluding hydrogens is 372 g/mol. The van der Waals surface area contributed by atoms with Crippen molar-refractivity contribution >= 4 is 11.9 Å². The highest BCUT2D eigenvalue weighted by Crippen LogP contribution is 2.43. The van der Waals surface area contributed by atoms with Crippen LogP contribution in [0.2, 0.25) is 0 Å². The Hall–Kier alpha value is -2.90. The van der Waals surface area contributed by atoms with E-state index in [0.29, 0.717) is 11.4 Å². The zero-order valence-electron chi connectivity index (χ0n) is 16.2. The van der Waals surface area contributed by atoms with Gasteiger partial charge in [0.1, 0.15) is 5.75 Å². The number of benzene rings is 1. The molecule has 0 saturated heterocycles. The van der Waals surface area contributed by atoms with Crippen molar-refractivity contribution in [2.75, 3.05) is 13.2 Å². The molecule has 0 spiro atoms. The van der Waals surface area contributed by atoms with Gasteiger partial charge in [-0.3, -0.25) is 0 Å². The first-order chi connectivity index (χ1) is 13.3. The quantitative estimate of drug-likeness (QED) is 0.711. The molecule has 0 atom stereocenters. The van der Waals surface area contributed by atoms with Crippen LogP contribution >= 0.6 is 0 Å². The molecule has 1 aliphatic heterocycles. The van der Waals surface area contributed by atoms with Crippen LogP contribution in [0.25, 0.3) is 0 Å². The average Bonchev–Trinajstić information content (AvgIpc) is 2.61. The summed E-state index contributed by atoms with van der Waals surface area (Å²) in [5.74, 6) is -2.42. The molecule has 0 bridgehead atoms. The van der Waals surface area contributed by atoms with Crippen LogP contribution in [0.5, 0.6) is 5.75 Å². The Morgan fingerprint density at radius 1 is 1.00 bits per heavy atom. The van der Waals surface area contributed by atoms with Gasteiger partial charge in [0.2, 0.25) is 0 Å². The molecule has 1 aliphatic rings. The van der Waals surface area contributed by atoms with Gasteiger partial charge in [0.15, 0.2) is 0 Å². The number of ether oxygens (including phenoxy) is 3. The van der Waals surface area contributed by atoms with Crippen LogP contribution < -0.4 is 10.1 Å². The van der Waals surface area contributed by atoms with Crippen LogP contribution in [-0.4, -0.2) is 31.8 Å². The van der Waals surface area contributed by atoms with Gasteiger partial charge < -0.3 is 19.5 Å². The van der Waals surface area contributed by atoms with E-state index in [-0.39, 0.29) is 35.7 Å². The number of esters is 2. The van der Waals surface area contributed by atoms with Gasteiger partial charge in [-0.05, 0) is 33.8 Å². The van der Waals surface area contributed by atoms with Gasteiger partial charge in [0.05, 0.1) is 30.3 Å². The van der Waals surface area contributed by atoms with E-state index < -0.39 is 24.5 Å². The molecule has 0 aliphatic carbocycles. The molecular formula is C20H23F2NO5. The highest BCUT2D eigenvalue weighted by molar-refractivity contribution is 6.00. The van der Waals surface area contributed by atoms with Crippen molar-refractivity contribution in [3.63, 3.8) is 0 Å². The summed E-state index contributed by atoms with van der Waals surface area (Å²) < 4.78 is 40.8. The van der Waals surface area contributed by atoms with Crippen LogP contribution in [0, 0.1) is 0 Å². The summed E-state index contributed by atoms with van der Waals surface area (Å²) in [6.45, 7) is 3.79. The van der Waals surface area contributed by atoms with Crippen molar-refractivity contribution < 1.29 is 32.6 Å². The summed E-state index contributed by atoms with van der Waals surface area (Å²) in [6, 6.07) is 6.04. The van der Waals surface area contributed by atoms with E-state index in [1.807, 2.05) is 0 Å². The third-order valence-electron chi connectivity index (χ3n) is 4.20. The fourth-order valence-corrected chi connectivity index (χ4v) is 3.19. The van der Waals surface area contributed by atoms with Crippen LogP contribution in [0.1, 0.15) is 39.2 Å². The maximum absolute atomic E-state index is 12.9. The monoisotopic (exact) mass is 395 g/mol. The number of alkyl halides is 2. The minimum absolute atomic E-state index is 0.120. The Morgan fingerprint density at radius 3 is 1.96 bits per heavy atom. The highest BCUT2D eigenvalue weighted by Gasteiger charge is 2.39. The molecule has 1 heterocycles. The molecule has 1 aromatic carbocycles. The molecule has 0 saturated carbocycles. The van der Waals surface area contributed by atoms with Crippen molar-refractivity contribution in [2.24, 2.45) is 0 Å². The van der Waals surface area contributed by atoms with Gasteiger partial charge >= 0.3 is 18.6 Å². The maximum Gasteiger partial charge on any atom is 0.387 e. The van der Waals surface area contributed by atoms with Crippen molar-refractivity contribution in [1.82, 2.24) is 5.32 Å². The summed E-state index contributed by atoms with van der Waals surface area (Å²) >= 11 is 0. The van der Waals surface area contributed by atoms with Crippen molar-refractivity contribution in [3.8, 4) is 5.75 Å². The van der Waals surface area contributed by atoms with Crippen LogP contribution in [0.3, 0.4) is 0 Å². The maximum atomic E-state index is 12.9. The summed E-state index contributed by atoms with van der Waals surface area (Å²) in [4.78, 5) is 25.3. The number of carbonyl (C=O) groups excluding carboxylic acids is 2. The third-order valence-corrected chi connectivity index (χ3v) is 4.20. The minimum Gasteiger partial charge on any atom is -0.463 e. The van der Waals surface area contributed by atoms with Gasteiger partial charge in [-0.25, -0.2) is 9.59 Å². The number of carbonyl (C=O) groups is 2. The van der Waals surface area contributed by atoms with Gasteiger partial charge in [-0.1, -0.05) is 18.2 Å². The molecule has 6 nitrogen and oxygen atoms in total. The van der Waals surface area contributed by atoms with Crippen molar-refractivity contribution in [1.29, 1.82) is 0 Å². The predicted octanol–water partition coefficient (Wildman–Crippen LogP) is 3.65. The number of nitrogens with one attached hydrogen (secondary N) is 1. The Bertz CT molecular complexity index is 777. The fraction of sp³-hybridized carbons (Fsp3) is 0.400. The Labute approximate surface area is 162 Å². The molecule has 8 heteroatoms. The smallest absolute Gasteiger partial charge is 0.387 e. The normalized spacial score (nSPS) is 14.8. The fourth-order valence-electron chi connectivity index (χ4n) is 3.19. The average molecular weight is 395 g/mol. The molecule has 0 aromatic heterocycles. The molecule has 1 aromatic rings. The van der Waals surface area contributed by atoms with Gasteiger partial charge in [0, 0.05) is 17.0 Å². The highest BCUT2D eigenvalue weighted by atomic mass is 19.3. The number of rotatable bonds is 7. The van der Waals surface area contributed by atoms with Gasteiger partial charge in [-0.2, -0.15) is 8.78 Å². The summed E-state index contributed by atoms with van der Waals surface area (Å²) in [6.07, 6.45) is 0. The second kappa shape index (κ2) is 9.34. The molecule has 0 amide bonds. The van der Waals surface area contributed by atoms with E-state index in [0.717, 1.165) is 0 Å². The van der Waals surface area contributed by atoms with E-state index >= 15 is 0 Å². The largest absolute Gasteiger partial charge is 0.463 e. The van der Waals surface area contributed by atoms with E-state index in [1.54, 1.807) is 33.8 Å². The lowest BCUT2D eigenvalue weighted by Crippen LogP contribution is -2.32. The zero-order valence-corrected chi connectivity index (χ0v) is 16.2. The standard InChI is InChI=1S/C20H23F2NO5/c1-5-26-18(24)15-11(3)23-12(4)16(19(25)27-6-2)17(15)13-9-7-8-10-14(13)28-20(21)22/h7-10,17,20,23H,5-6H2,1-4H3. The van der Waals surface area contributed by atoms with Crippen molar-refractivity contribution in [3.05, 3.63) is 52.4 Å². The lowest BCUT2D eigenvalue weighted by Gasteiger charge is -2.31. The molecule has 2 rings (SSSR count). The number of halogens is 2. The Balaban J connectivity index is 2.70. The number of para-hydroxylation sites is 1. The Kier molecular flexibility index (Phi) is 7.14. The van der Waals surface area contributed by atoms with Gasteiger partial charge in [-0.15, -0.1) is 0 Å². The lowest BCUT2D eigenvalue weighted by atomic mass is 9.80. The molecule has 0 fully saturated rings. The second-order valence-corrected chi connectivity index (χ2v) is 5.99. The summed E-state index contributed by atoms with van der Waals surface area (Å²) in [5.41, 5.74) is 1.44. The summed E-state index contributed by atoms with van der Waals surface area (Å²) in [5, 5.41) is 2.99. The van der Waals surface area contributed by atoms with E-state index in [2.05, 4.69) is 10.1 Å². The topological polar surface area (TPSA) is 73.9 Å². The number of dihydropyridines is 1. The Morgan fingerprint density at radius 2 is 1.50 bits per heavy atom. The molecule has 0 radical (unpaired) electrons. The van der Waals surface area contributed by atoms with Crippen LogP contribution in [0.4, 0.5) is 8.78 Å². The molecule has 152 valence electrons. The predicted molar refractivity (Wildman–Crippen MR) is 97.6 cm³/mol. The molecule has 1 N–H and O–H groups in total. The van der Waals surface area contributed by atoms with Gasteiger partial charge in [0.25, 0.3) is 0 Å². The number of allylic oxidation sites excluding steroid dienone is 2. The summed E-state index contributed by atoms with van der Waals surface area (Å²) in [7, 11) is 0. The third kappa shape index (κ3) is 4.49. The van der Waals surface area contributed by atoms with Crippen molar-refractivity contribution in [2.45, 2.75) is 40.2 Å². The van der Waals surface area contributed by atoms with Crippen LogP contribution in [-0.2, 0) is 19.1 Å². The van der Waals surface area contributed by atoms with E-state index in [4.69, 9.17) is 9.47 Å². The number of hydrogen-bond donors (Lipinski definition) is 1. The molecule has 0 unspecified atom stereocenters. The second-order valence-electron chi connectivity index (χ2n) is 5.99. The SMILES string of the molecule is CCOC(=O)C1=C(C)NC(C)=C(C(=O)OCC)C1c1ccccc1OC(F)F. The minimum atomic E-state index is -3.06. The number of hydrogen-bond acceptors (Lipinski definition) is 6. The van der Waals surface area contributed by atoms with E-state index in [9.17, 15) is 18.4 Å². The molecule has 28 heavy (non-hydrogen) atoms. The lowest BCUT2D eigenvalue weighted by molar-refractivity contribution is -0.139. The first-order valence-corrected chi connectivity index (χ1v) is 8.88. The van der Waals surface area contributed by atoms with Crippen LogP contribution in [0.15, 0.2) is 46.8 Å². The zero-order chi connectivity index (χ0) is 20.8. The first kappa shape index (κ1) is 21.4. The first-order valence-electron chi connectivity index (χ1n) is 8.88.